The van der Waals surface area contributed by atoms with Crippen LogP contribution >= 0.6 is 0 Å². The third-order valence-electron chi connectivity index (χ3n) is 8.50. The van der Waals surface area contributed by atoms with E-state index in [9.17, 15) is 21.9 Å². The third-order valence-corrected chi connectivity index (χ3v) is 11.5. The zero-order valence-electron chi connectivity index (χ0n) is 25.8. The van der Waals surface area contributed by atoms with E-state index < -0.39 is 31.6 Å². The van der Waals surface area contributed by atoms with Gasteiger partial charge in [-0.15, -0.1) is 0 Å². The molecule has 2 aliphatic rings. The molecule has 0 aromatic heterocycles. The molecule has 2 aliphatic heterocycles. The number of nitrogens with zero attached hydrogens (tertiary/aromatic N) is 1. The highest BCUT2D eigenvalue weighted by atomic mass is 32.2. The van der Waals surface area contributed by atoms with Gasteiger partial charge in [0.1, 0.15) is 18.5 Å². The number of benzene rings is 3. The maximum atomic E-state index is 13.6. The number of sulfone groups is 1. The summed E-state index contributed by atoms with van der Waals surface area (Å²) in [6.07, 6.45) is 2.25. The zero-order valence-corrected chi connectivity index (χ0v) is 27.4. The lowest BCUT2D eigenvalue weighted by atomic mass is 9.88. The van der Waals surface area contributed by atoms with Gasteiger partial charge in [-0.2, -0.15) is 4.31 Å². The van der Waals surface area contributed by atoms with Gasteiger partial charge >= 0.3 is 0 Å². The van der Waals surface area contributed by atoms with Crippen molar-refractivity contribution in [1.29, 1.82) is 0 Å². The largest absolute Gasteiger partial charge is 0.491 e. The van der Waals surface area contributed by atoms with Gasteiger partial charge in [0.05, 0.1) is 22.0 Å². The fourth-order valence-corrected chi connectivity index (χ4v) is 8.02. The summed E-state index contributed by atoms with van der Waals surface area (Å²) in [6, 6.07) is 21.5. The van der Waals surface area contributed by atoms with Crippen LogP contribution in [0.5, 0.6) is 5.75 Å². The molecule has 0 radical (unpaired) electrons. The summed E-state index contributed by atoms with van der Waals surface area (Å²) in [5.74, 6) is 0.378. The monoisotopic (exact) mass is 657 g/mol. The smallest absolute Gasteiger partial charge is 0.243 e. The molecule has 0 bridgehead atoms. The number of rotatable bonds is 13. The topological polar surface area (TPSA) is 134 Å². The summed E-state index contributed by atoms with van der Waals surface area (Å²) in [7, 11) is -7.01. The molecule has 0 amide bonds. The second-order valence-corrected chi connectivity index (χ2v) is 15.9. The van der Waals surface area contributed by atoms with Gasteiger partial charge in [-0.05, 0) is 72.8 Å². The van der Waals surface area contributed by atoms with Gasteiger partial charge in [0.25, 0.3) is 0 Å². The molecule has 1 spiro atoms. The van der Waals surface area contributed by atoms with E-state index in [0.717, 1.165) is 36.9 Å². The lowest BCUT2D eigenvalue weighted by molar-refractivity contribution is -0.0312. The zero-order chi connectivity index (χ0) is 32.1. The summed E-state index contributed by atoms with van der Waals surface area (Å²) in [6.45, 7) is 5.29. The molecule has 10 nitrogen and oxygen atoms in total. The molecule has 0 saturated carbocycles. The minimum absolute atomic E-state index is 0.00863. The normalized spacial score (nSPS) is 19.5. The number of piperidine rings is 1. The quantitative estimate of drug-likeness (QED) is 0.253. The molecular weight excluding hydrogens is 615 g/mol. The van der Waals surface area contributed by atoms with Crippen LogP contribution < -0.4 is 15.4 Å². The Morgan fingerprint density at radius 2 is 1.69 bits per heavy atom. The van der Waals surface area contributed by atoms with Gasteiger partial charge in [-0.25, -0.2) is 16.8 Å². The molecule has 2 atom stereocenters. The number of aliphatic hydroxyl groups excluding tert-OH is 1. The first kappa shape index (κ1) is 33.5. The minimum atomic E-state index is -3.66. The predicted molar refractivity (Wildman–Crippen MR) is 173 cm³/mol. The summed E-state index contributed by atoms with van der Waals surface area (Å²) in [5, 5.41) is 17.1. The Balaban J connectivity index is 1.10. The van der Waals surface area contributed by atoms with Gasteiger partial charge in [0.15, 0.2) is 9.84 Å². The van der Waals surface area contributed by atoms with Crippen LogP contribution in [-0.4, -0.2) is 89.6 Å². The highest BCUT2D eigenvalue weighted by Crippen LogP contribution is 2.37. The van der Waals surface area contributed by atoms with Crippen molar-refractivity contribution in [2.24, 2.45) is 0 Å². The van der Waals surface area contributed by atoms with Crippen molar-refractivity contribution in [3.63, 3.8) is 0 Å². The number of sulfonamides is 1. The molecule has 2 saturated heterocycles. The molecule has 244 valence electrons. The number of ether oxygens (including phenoxy) is 2. The van der Waals surface area contributed by atoms with Crippen molar-refractivity contribution < 1.29 is 31.4 Å². The second kappa shape index (κ2) is 14.3. The van der Waals surface area contributed by atoms with Gasteiger partial charge < -0.3 is 25.2 Å². The van der Waals surface area contributed by atoms with E-state index in [1.54, 1.807) is 34.6 Å². The fourth-order valence-electron chi connectivity index (χ4n) is 5.88. The lowest BCUT2D eigenvalue weighted by Crippen LogP contribution is -2.47. The van der Waals surface area contributed by atoms with Crippen molar-refractivity contribution in [2.45, 2.75) is 60.3 Å². The summed E-state index contributed by atoms with van der Waals surface area (Å²) < 4.78 is 64.1. The molecule has 0 aliphatic carbocycles. The van der Waals surface area contributed by atoms with Crippen LogP contribution in [0, 0.1) is 0 Å². The van der Waals surface area contributed by atoms with E-state index in [1.807, 2.05) is 18.2 Å². The SMILES string of the molecule is CCNCc1ccc(-c2cccc(S(=O)(=O)N3CCC4(CC3)CC(NCC(O)COc3cccc(S(C)(=O)=O)c3)CO4)c2)cc1. The third kappa shape index (κ3) is 8.50. The van der Waals surface area contributed by atoms with Crippen LogP contribution in [0.3, 0.4) is 0 Å². The number of hydrogen-bond donors (Lipinski definition) is 3. The van der Waals surface area contributed by atoms with Crippen LogP contribution in [0.4, 0.5) is 0 Å². The van der Waals surface area contributed by atoms with Crippen LogP contribution in [0.25, 0.3) is 11.1 Å². The summed E-state index contributed by atoms with van der Waals surface area (Å²) in [5.41, 5.74) is 2.62. The van der Waals surface area contributed by atoms with Crippen molar-refractivity contribution in [1.82, 2.24) is 14.9 Å². The van der Waals surface area contributed by atoms with Crippen LogP contribution in [-0.2, 0) is 31.1 Å². The second-order valence-electron chi connectivity index (χ2n) is 11.9. The van der Waals surface area contributed by atoms with Gasteiger partial charge in [0.2, 0.25) is 10.0 Å². The number of aliphatic hydroxyl groups is 1. The average molecular weight is 658 g/mol. The maximum Gasteiger partial charge on any atom is 0.243 e. The first-order chi connectivity index (χ1) is 21.5. The summed E-state index contributed by atoms with van der Waals surface area (Å²) >= 11 is 0. The summed E-state index contributed by atoms with van der Waals surface area (Å²) in [4.78, 5) is 0.452. The van der Waals surface area contributed by atoms with Crippen molar-refractivity contribution in [3.8, 4) is 16.9 Å². The maximum absolute atomic E-state index is 13.6. The molecule has 2 heterocycles. The Kier molecular flexibility index (Phi) is 10.6. The number of hydrogen-bond acceptors (Lipinski definition) is 9. The van der Waals surface area contributed by atoms with Crippen molar-refractivity contribution in [3.05, 3.63) is 78.4 Å². The van der Waals surface area contributed by atoms with Gasteiger partial charge in [-0.3, -0.25) is 0 Å². The van der Waals surface area contributed by atoms with Crippen LogP contribution in [0.15, 0.2) is 82.6 Å². The molecule has 12 heteroatoms. The molecule has 3 N–H and O–H groups in total. The first-order valence-electron chi connectivity index (χ1n) is 15.4. The predicted octanol–water partition coefficient (Wildman–Crippen LogP) is 3.21. The fraction of sp³-hybridized carbons (Fsp3) is 0.455. The Bertz CT molecular complexity index is 1660. The van der Waals surface area contributed by atoms with Crippen LogP contribution in [0.2, 0.25) is 0 Å². The molecule has 2 fully saturated rings. The van der Waals surface area contributed by atoms with Gasteiger partial charge in [-0.1, -0.05) is 49.4 Å². The molecule has 5 rings (SSSR count). The molecule has 3 aromatic carbocycles. The van der Waals surface area contributed by atoms with E-state index in [1.165, 1.54) is 17.7 Å². The average Bonchev–Trinajstić information content (AvgIpc) is 3.44. The van der Waals surface area contributed by atoms with Gasteiger partial charge in [0, 0.05) is 38.5 Å². The molecule has 3 aromatic rings. The molecule has 45 heavy (non-hydrogen) atoms. The molecule has 2 unspecified atom stereocenters. The Morgan fingerprint density at radius 1 is 0.978 bits per heavy atom. The first-order valence-corrected chi connectivity index (χ1v) is 18.7. The van der Waals surface area contributed by atoms with E-state index in [-0.39, 0.29) is 24.1 Å². The Hall–Kier alpha value is -2.84. The van der Waals surface area contributed by atoms with E-state index in [0.29, 0.717) is 43.2 Å². The van der Waals surface area contributed by atoms with E-state index in [2.05, 4.69) is 29.7 Å². The standard InChI is InChI=1S/C33H43N3O7S2/c1-3-34-21-25-10-12-26(13-11-25)27-6-4-9-32(18-27)45(40,41)36-16-14-33(15-17-36)20-28(23-43-33)35-22-29(37)24-42-30-7-5-8-31(19-30)44(2,38)39/h4-13,18-19,28-29,34-35,37H,3,14-17,20-24H2,1-2H3. The lowest BCUT2D eigenvalue weighted by Gasteiger charge is -2.38. The Labute approximate surface area is 266 Å². The highest BCUT2D eigenvalue weighted by molar-refractivity contribution is 7.90. The molecular formula is C33H43N3O7S2. The van der Waals surface area contributed by atoms with E-state index in [4.69, 9.17) is 9.47 Å². The van der Waals surface area contributed by atoms with Crippen LogP contribution in [0.1, 0.15) is 31.7 Å². The van der Waals surface area contributed by atoms with Crippen molar-refractivity contribution >= 4 is 19.9 Å². The minimum Gasteiger partial charge on any atom is -0.491 e. The van der Waals surface area contributed by atoms with E-state index >= 15 is 0 Å². The van der Waals surface area contributed by atoms with Crippen molar-refractivity contribution in [2.75, 3.05) is 45.6 Å². The number of nitrogens with one attached hydrogen (secondary N) is 2. The highest BCUT2D eigenvalue weighted by Gasteiger charge is 2.44. The Morgan fingerprint density at radius 3 is 2.40 bits per heavy atom.